The molecule has 1 saturated heterocycles. The molecule has 2 aliphatic rings. The lowest BCUT2D eigenvalue weighted by atomic mass is 9.95. The number of hydrogen-bond donors (Lipinski definition) is 1. The highest BCUT2D eigenvalue weighted by molar-refractivity contribution is 7.99. The zero-order valence-corrected chi connectivity index (χ0v) is 18.1. The van der Waals surface area contributed by atoms with Crippen molar-refractivity contribution < 1.29 is 9.47 Å². The topological polar surface area (TPSA) is 61.2 Å². The number of methoxy groups -OCH3 is 1. The van der Waals surface area contributed by atoms with E-state index in [-0.39, 0.29) is 0 Å². The summed E-state index contributed by atoms with van der Waals surface area (Å²) in [6.07, 6.45) is 10.3. The van der Waals surface area contributed by atoms with Gasteiger partial charge < -0.3 is 19.4 Å². The summed E-state index contributed by atoms with van der Waals surface area (Å²) in [6.45, 7) is 1.56. The van der Waals surface area contributed by atoms with Crippen molar-refractivity contribution >= 4 is 17.4 Å². The van der Waals surface area contributed by atoms with E-state index in [9.17, 15) is 0 Å². The first-order chi connectivity index (χ1) is 14.3. The molecule has 29 heavy (non-hydrogen) atoms. The molecule has 2 fully saturated rings. The van der Waals surface area contributed by atoms with E-state index in [0.717, 1.165) is 41.2 Å². The van der Waals surface area contributed by atoms with E-state index < -0.39 is 0 Å². The predicted molar refractivity (Wildman–Crippen MR) is 117 cm³/mol. The van der Waals surface area contributed by atoms with Gasteiger partial charge in [-0.15, -0.1) is 10.2 Å². The molecule has 4 rings (SSSR count). The van der Waals surface area contributed by atoms with Crippen LogP contribution in [-0.4, -0.2) is 40.3 Å². The monoisotopic (exact) mass is 416 g/mol. The first-order valence-electron chi connectivity index (χ1n) is 10.9. The van der Waals surface area contributed by atoms with Crippen molar-refractivity contribution in [1.82, 2.24) is 14.8 Å². The van der Waals surface area contributed by atoms with Gasteiger partial charge in [-0.2, -0.15) is 0 Å². The van der Waals surface area contributed by atoms with Gasteiger partial charge in [-0.25, -0.2) is 0 Å². The lowest BCUT2D eigenvalue weighted by molar-refractivity contribution is 0.0315. The summed E-state index contributed by atoms with van der Waals surface area (Å²) in [5.41, 5.74) is 1.03. The van der Waals surface area contributed by atoms with Gasteiger partial charge in [0.15, 0.2) is 11.0 Å². The van der Waals surface area contributed by atoms with Crippen molar-refractivity contribution in [3.63, 3.8) is 0 Å². The molecule has 2 aromatic rings. The molecule has 1 aliphatic carbocycles. The van der Waals surface area contributed by atoms with Crippen LogP contribution in [0.15, 0.2) is 29.4 Å². The molecule has 7 heteroatoms. The Morgan fingerprint density at radius 1 is 1.14 bits per heavy atom. The number of thioether (sulfide) groups is 1. The van der Waals surface area contributed by atoms with E-state index in [2.05, 4.69) is 26.1 Å². The van der Waals surface area contributed by atoms with Crippen molar-refractivity contribution in [3.05, 3.63) is 30.1 Å². The van der Waals surface area contributed by atoms with Crippen LogP contribution in [0, 0.1) is 0 Å². The van der Waals surface area contributed by atoms with Gasteiger partial charge >= 0.3 is 0 Å². The number of nitrogens with zero attached hydrogens (tertiary/aromatic N) is 3. The number of aromatic nitrogens is 3. The smallest absolute Gasteiger partial charge is 0.191 e. The minimum atomic E-state index is 0.351. The van der Waals surface area contributed by atoms with E-state index in [1.54, 1.807) is 7.11 Å². The Morgan fingerprint density at radius 3 is 2.79 bits per heavy atom. The fourth-order valence-corrected chi connectivity index (χ4v) is 5.34. The molecule has 158 valence electrons. The van der Waals surface area contributed by atoms with Crippen LogP contribution in [0.2, 0.25) is 0 Å². The van der Waals surface area contributed by atoms with Crippen molar-refractivity contribution in [2.45, 2.75) is 75.2 Å². The molecular weight excluding hydrogens is 384 g/mol. The largest absolute Gasteiger partial charge is 0.497 e. The summed E-state index contributed by atoms with van der Waals surface area (Å²) < 4.78 is 13.7. The van der Waals surface area contributed by atoms with Gasteiger partial charge in [0.25, 0.3) is 0 Å². The molecule has 0 spiro atoms. The van der Waals surface area contributed by atoms with E-state index in [1.807, 2.05) is 30.0 Å². The van der Waals surface area contributed by atoms with Crippen LogP contribution in [0.25, 0.3) is 0 Å². The molecule has 0 amide bonds. The van der Waals surface area contributed by atoms with E-state index >= 15 is 0 Å². The summed E-state index contributed by atoms with van der Waals surface area (Å²) in [5.74, 6) is 2.84. The van der Waals surface area contributed by atoms with Crippen LogP contribution < -0.4 is 10.1 Å². The zero-order chi connectivity index (χ0) is 19.9. The minimum Gasteiger partial charge on any atom is -0.497 e. The number of benzene rings is 1. The van der Waals surface area contributed by atoms with E-state index in [1.165, 1.54) is 44.9 Å². The van der Waals surface area contributed by atoms with E-state index in [4.69, 9.17) is 9.47 Å². The third-order valence-electron chi connectivity index (χ3n) is 5.87. The number of nitrogens with one attached hydrogen (secondary N) is 1. The molecule has 0 unspecified atom stereocenters. The average molecular weight is 417 g/mol. The lowest BCUT2D eigenvalue weighted by Gasteiger charge is -2.26. The van der Waals surface area contributed by atoms with Gasteiger partial charge in [-0.3, -0.25) is 0 Å². The maximum Gasteiger partial charge on any atom is 0.191 e. The number of hydrogen-bond acceptors (Lipinski definition) is 6. The maximum absolute atomic E-state index is 5.92. The summed E-state index contributed by atoms with van der Waals surface area (Å²) in [5, 5.41) is 13.7. The van der Waals surface area contributed by atoms with Crippen LogP contribution in [0.1, 0.15) is 63.2 Å². The molecule has 1 saturated carbocycles. The van der Waals surface area contributed by atoms with Gasteiger partial charge in [-0.1, -0.05) is 37.1 Å². The molecule has 0 radical (unpaired) electrons. The fourth-order valence-electron chi connectivity index (χ4n) is 4.25. The molecule has 1 aliphatic heterocycles. The molecular formula is C22H32N4O2S. The molecule has 1 aromatic heterocycles. The van der Waals surface area contributed by atoms with Crippen LogP contribution in [-0.2, 0) is 11.3 Å². The number of anilines is 1. The normalized spacial score (nSPS) is 20.5. The van der Waals surface area contributed by atoms with Crippen molar-refractivity contribution in [2.75, 3.05) is 24.8 Å². The Labute approximate surface area is 177 Å². The van der Waals surface area contributed by atoms with Gasteiger partial charge in [0.2, 0.25) is 0 Å². The lowest BCUT2D eigenvalue weighted by Crippen LogP contribution is -2.22. The number of rotatable bonds is 8. The summed E-state index contributed by atoms with van der Waals surface area (Å²) in [4.78, 5) is 0. The summed E-state index contributed by atoms with van der Waals surface area (Å²) in [7, 11) is 1.69. The number of ether oxygens (including phenoxy) is 2. The fraction of sp³-hybridized carbons (Fsp3) is 0.636. The molecule has 6 nitrogen and oxygen atoms in total. The van der Waals surface area contributed by atoms with Crippen LogP contribution in [0.3, 0.4) is 0 Å². The highest BCUT2D eigenvalue weighted by Crippen LogP contribution is 2.33. The Morgan fingerprint density at radius 2 is 2.00 bits per heavy atom. The SMILES string of the molecule is COc1cccc(NCc2nnc(SC[C@H]3CCCCO3)n2C2CCCCC2)c1. The first kappa shape index (κ1) is 20.5. The van der Waals surface area contributed by atoms with Crippen LogP contribution >= 0.6 is 11.8 Å². The van der Waals surface area contributed by atoms with Gasteiger partial charge in [0.05, 0.1) is 19.8 Å². The Hall–Kier alpha value is -1.73. The summed E-state index contributed by atoms with van der Waals surface area (Å²) >= 11 is 1.81. The third-order valence-corrected chi connectivity index (χ3v) is 6.94. The minimum absolute atomic E-state index is 0.351. The molecule has 2 heterocycles. The molecule has 0 bridgehead atoms. The molecule has 1 aromatic carbocycles. The standard InChI is InChI=1S/C22H32N4O2S/c1-27-19-12-7-8-17(14-19)23-15-21-24-25-22(26(21)18-9-3-2-4-10-18)29-16-20-11-5-6-13-28-20/h7-8,12,14,18,20,23H,2-6,9-11,13,15-16H2,1H3/t20-/m1/s1. The average Bonchev–Trinajstić information content (AvgIpc) is 3.20. The Bertz CT molecular complexity index is 770. The highest BCUT2D eigenvalue weighted by atomic mass is 32.2. The summed E-state index contributed by atoms with van der Waals surface area (Å²) in [6, 6.07) is 8.53. The second kappa shape index (κ2) is 10.3. The van der Waals surface area contributed by atoms with Crippen LogP contribution in [0.4, 0.5) is 5.69 Å². The highest BCUT2D eigenvalue weighted by Gasteiger charge is 2.24. The zero-order valence-electron chi connectivity index (χ0n) is 17.3. The van der Waals surface area contributed by atoms with Crippen molar-refractivity contribution in [2.24, 2.45) is 0 Å². The second-order valence-electron chi connectivity index (χ2n) is 7.95. The molecule has 1 N–H and O–H groups in total. The van der Waals surface area contributed by atoms with Crippen LogP contribution in [0.5, 0.6) is 5.75 Å². The first-order valence-corrected chi connectivity index (χ1v) is 11.9. The predicted octanol–water partition coefficient (Wildman–Crippen LogP) is 5.07. The van der Waals surface area contributed by atoms with Gasteiger partial charge in [0.1, 0.15) is 5.75 Å². The molecule has 1 atom stereocenters. The third kappa shape index (κ3) is 5.45. The quantitative estimate of drug-likeness (QED) is 0.607. The van der Waals surface area contributed by atoms with E-state index in [0.29, 0.717) is 18.7 Å². The Kier molecular flexibility index (Phi) is 7.33. The second-order valence-corrected chi connectivity index (χ2v) is 8.93. The van der Waals surface area contributed by atoms with Gasteiger partial charge in [-0.05, 0) is 44.2 Å². The van der Waals surface area contributed by atoms with Crippen molar-refractivity contribution in [3.8, 4) is 5.75 Å². The van der Waals surface area contributed by atoms with Gasteiger partial charge in [0, 0.05) is 30.2 Å². The maximum atomic E-state index is 5.92. The van der Waals surface area contributed by atoms with Crippen molar-refractivity contribution in [1.29, 1.82) is 0 Å². The Balaban J connectivity index is 1.46.